The van der Waals surface area contributed by atoms with E-state index in [4.69, 9.17) is 4.74 Å². The Kier molecular flexibility index (Phi) is 4.07. The second-order valence-electron chi connectivity index (χ2n) is 4.24. The number of hydrogen-bond acceptors (Lipinski definition) is 1. The zero-order valence-electron chi connectivity index (χ0n) is 8.68. The van der Waals surface area contributed by atoms with E-state index in [-0.39, 0.29) is 0 Å². The fraction of sp³-hybridized carbons (Fsp3) is 1.00. The zero-order valence-corrected chi connectivity index (χ0v) is 8.68. The molecule has 1 aliphatic carbocycles. The van der Waals surface area contributed by atoms with Gasteiger partial charge in [-0.3, -0.25) is 0 Å². The van der Waals surface area contributed by atoms with Crippen LogP contribution in [0.3, 0.4) is 0 Å². The molecule has 3 atom stereocenters. The largest absolute Gasteiger partial charge is 0.381 e. The van der Waals surface area contributed by atoms with E-state index in [1.54, 1.807) is 0 Å². The fourth-order valence-electron chi connectivity index (χ4n) is 2.38. The van der Waals surface area contributed by atoms with E-state index in [1.807, 2.05) is 7.11 Å². The summed E-state index contributed by atoms with van der Waals surface area (Å²) in [5.41, 5.74) is 0. The summed E-state index contributed by atoms with van der Waals surface area (Å²) in [4.78, 5) is 0. The van der Waals surface area contributed by atoms with Crippen LogP contribution in [-0.4, -0.2) is 13.2 Å². The van der Waals surface area contributed by atoms with E-state index in [2.05, 4.69) is 13.8 Å². The fourth-order valence-corrected chi connectivity index (χ4v) is 2.38. The third kappa shape index (κ3) is 2.48. The van der Waals surface area contributed by atoms with Crippen molar-refractivity contribution in [2.75, 3.05) is 7.11 Å². The highest BCUT2D eigenvalue weighted by Gasteiger charge is 2.27. The lowest BCUT2D eigenvalue weighted by Gasteiger charge is -2.33. The van der Waals surface area contributed by atoms with Crippen molar-refractivity contribution in [3.05, 3.63) is 0 Å². The molecular weight excluding hydrogens is 148 g/mol. The Morgan fingerprint density at radius 2 is 2.08 bits per heavy atom. The van der Waals surface area contributed by atoms with Crippen molar-refractivity contribution in [2.45, 2.75) is 52.1 Å². The molecule has 0 aromatic rings. The number of ether oxygens (including phenoxy) is 1. The number of hydrogen-bond donors (Lipinski definition) is 0. The molecule has 1 rings (SSSR count). The first-order valence-corrected chi connectivity index (χ1v) is 5.30. The van der Waals surface area contributed by atoms with Gasteiger partial charge in [-0.1, -0.05) is 26.7 Å². The van der Waals surface area contributed by atoms with Crippen LogP contribution < -0.4 is 0 Å². The third-order valence-corrected chi connectivity index (χ3v) is 3.15. The molecule has 0 aromatic carbocycles. The molecule has 72 valence electrons. The molecule has 0 N–H and O–H groups in total. The summed E-state index contributed by atoms with van der Waals surface area (Å²) >= 11 is 0. The van der Waals surface area contributed by atoms with Crippen molar-refractivity contribution in [3.8, 4) is 0 Å². The van der Waals surface area contributed by atoms with E-state index in [9.17, 15) is 0 Å². The standard InChI is InChI=1S/C11H22O/c1-4-5-10-7-6-9(2)8-11(10)12-3/h9-11H,4-8H2,1-3H3/t9-,10-,11-/m1/s1. The van der Waals surface area contributed by atoms with Crippen LogP contribution in [0.4, 0.5) is 0 Å². The van der Waals surface area contributed by atoms with Gasteiger partial charge < -0.3 is 4.74 Å². The highest BCUT2D eigenvalue weighted by atomic mass is 16.5. The Hall–Kier alpha value is -0.0400. The molecule has 1 fully saturated rings. The quantitative estimate of drug-likeness (QED) is 0.632. The second-order valence-corrected chi connectivity index (χ2v) is 4.24. The zero-order chi connectivity index (χ0) is 8.97. The van der Waals surface area contributed by atoms with E-state index < -0.39 is 0 Å². The lowest BCUT2D eigenvalue weighted by atomic mass is 9.78. The van der Waals surface area contributed by atoms with Gasteiger partial charge in [0.2, 0.25) is 0 Å². The van der Waals surface area contributed by atoms with Crippen molar-refractivity contribution in [1.82, 2.24) is 0 Å². The van der Waals surface area contributed by atoms with Crippen molar-refractivity contribution in [2.24, 2.45) is 11.8 Å². The minimum absolute atomic E-state index is 0.550. The molecule has 1 saturated carbocycles. The molecule has 0 radical (unpaired) electrons. The Morgan fingerprint density at radius 3 is 2.67 bits per heavy atom. The molecule has 0 aromatic heterocycles. The number of methoxy groups -OCH3 is 1. The summed E-state index contributed by atoms with van der Waals surface area (Å²) in [5, 5.41) is 0. The molecule has 0 heterocycles. The molecule has 1 heteroatoms. The molecule has 0 unspecified atom stereocenters. The van der Waals surface area contributed by atoms with Crippen LogP contribution in [-0.2, 0) is 4.74 Å². The van der Waals surface area contributed by atoms with Crippen molar-refractivity contribution in [1.29, 1.82) is 0 Å². The van der Waals surface area contributed by atoms with E-state index >= 15 is 0 Å². The smallest absolute Gasteiger partial charge is 0.0602 e. The van der Waals surface area contributed by atoms with Gasteiger partial charge in [-0.05, 0) is 31.1 Å². The summed E-state index contributed by atoms with van der Waals surface area (Å²) in [5.74, 6) is 1.72. The average Bonchev–Trinajstić information content (AvgIpc) is 2.08. The molecule has 0 spiro atoms. The third-order valence-electron chi connectivity index (χ3n) is 3.15. The van der Waals surface area contributed by atoms with Gasteiger partial charge >= 0.3 is 0 Å². The number of rotatable bonds is 3. The summed E-state index contributed by atoms with van der Waals surface area (Å²) in [6.45, 7) is 4.61. The highest BCUT2D eigenvalue weighted by Crippen LogP contribution is 2.33. The van der Waals surface area contributed by atoms with Gasteiger partial charge in [0.15, 0.2) is 0 Å². The topological polar surface area (TPSA) is 9.23 Å². The Morgan fingerprint density at radius 1 is 1.33 bits per heavy atom. The second kappa shape index (κ2) is 4.86. The van der Waals surface area contributed by atoms with Crippen LogP contribution in [0.5, 0.6) is 0 Å². The first-order valence-electron chi connectivity index (χ1n) is 5.30. The van der Waals surface area contributed by atoms with Gasteiger partial charge in [-0.2, -0.15) is 0 Å². The van der Waals surface area contributed by atoms with Crippen molar-refractivity contribution >= 4 is 0 Å². The molecule has 1 nitrogen and oxygen atoms in total. The first-order chi connectivity index (χ1) is 5.77. The molecule has 0 saturated heterocycles. The highest BCUT2D eigenvalue weighted by molar-refractivity contribution is 4.78. The molecule has 0 amide bonds. The SMILES string of the molecule is CCC[C@@H]1CC[C@@H](C)C[C@H]1OC. The molecular formula is C11H22O. The van der Waals surface area contributed by atoms with Crippen LogP contribution in [0.2, 0.25) is 0 Å². The van der Waals surface area contributed by atoms with Crippen molar-refractivity contribution < 1.29 is 4.74 Å². The van der Waals surface area contributed by atoms with Crippen LogP contribution in [0.25, 0.3) is 0 Å². The monoisotopic (exact) mass is 170 g/mol. The van der Waals surface area contributed by atoms with Crippen LogP contribution in [0, 0.1) is 11.8 Å². The Bertz CT molecular complexity index is 122. The molecule has 1 aliphatic rings. The van der Waals surface area contributed by atoms with Gasteiger partial charge in [-0.25, -0.2) is 0 Å². The Balaban J connectivity index is 2.39. The first kappa shape index (κ1) is 10.0. The Labute approximate surface area is 76.5 Å². The predicted octanol–water partition coefficient (Wildman–Crippen LogP) is 3.24. The van der Waals surface area contributed by atoms with Gasteiger partial charge in [-0.15, -0.1) is 0 Å². The minimum Gasteiger partial charge on any atom is -0.381 e. The average molecular weight is 170 g/mol. The summed E-state index contributed by atoms with van der Waals surface area (Å²) in [6, 6.07) is 0. The van der Waals surface area contributed by atoms with Crippen LogP contribution >= 0.6 is 0 Å². The maximum atomic E-state index is 5.53. The van der Waals surface area contributed by atoms with Crippen LogP contribution in [0.15, 0.2) is 0 Å². The van der Waals surface area contributed by atoms with Gasteiger partial charge in [0.25, 0.3) is 0 Å². The van der Waals surface area contributed by atoms with Gasteiger partial charge in [0.1, 0.15) is 0 Å². The van der Waals surface area contributed by atoms with Crippen molar-refractivity contribution in [3.63, 3.8) is 0 Å². The maximum absolute atomic E-state index is 5.53. The molecule has 0 bridgehead atoms. The van der Waals surface area contributed by atoms with E-state index in [0.29, 0.717) is 6.10 Å². The lowest BCUT2D eigenvalue weighted by Crippen LogP contribution is -2.30. The van der Waals surface area contributed by atoms with Gasteiger partial charge in [0.05, 0.1) is 6.10 Å². The van der Waals surface area contributed by atoms with Crippen LogP contribution in [0.1, 0.15) is 46.0 Å². The normalized spacial score (nSPS) is 36.8. The lowest BCUT2D eigenvalue weighted by molar-refractivity contribution is 0.00438. The summed E-state index contributed by atoms with van der Waals surface area (Å²) in [7, 11) is 1.87. The minimum atomic E-state index is 0.550. The van der Waals surface area contributed by atoms with E-state index in [1.165, 1.54) is 32.1 Å². The maximum Gasteiger partial charge on any atom is 0.0602 e. The molecule has 12 heavy (non-hydrogen) atoms. The summed E-state index contributed by atoms with van der Waals surface area (Å²) < 4.78 is 5.53. The molecule has 0 aliphatic heterocycles. The van der Waals surface area contributed by atoms with E-state index in [0.717, 1.165) is 11.8 Å². The van der Waals surface area contributed by atoms with Gasteiger partial charge in [0, 0.05) is 7.11 Å². The summed E-state index contributed by atoms with van der Waals surface area (Å²) in [6.07, 6.45) is 7.28. The predicted molar refractivity (Wildman–Crippen MR) is 52.2 cm³/mol.